The molecule has 2 N–H and O–H groups in total. The summed E-state index contributed by atoms with van der Waals surface area (Å²) in [7, 11) is 0. The molecule has 0 radical (unpaired) electrons. The van der Waals surface area contributed by atoms with Crippen LogP contribution in [0.3, 0.4) is 0 Å². The van der Waals surface area contributed by atoms with Crippen molar-refractivity contribution in [1.82, 2.24) is 0 Å². The molecule has 0 heterocycles. The number of anilines is 3. The van der Waals surface area contributed by atoms with Gasteiger partial charge in [-0.25, -0.2) is 0 Å². The Morgan fingerprint density at radius 3 is 2.15 bits per heavy atom. The third-order valence-electron chi connectivity index (χ3n) is 4.02. The molecule has 0 aliphatic rings. The van der Waals surface area contributed by atoms with Crippen molar-refractivity contribution in [3.63, 3.8) is 0 Å². The molecule has 0 aliphatic carbocycles. The summed E-state index contributed by atoms with van der Waals surface area (Å²) in [5.41, 5.74) is 3.87. The highest BCUT2D eigenvalue weighted by Gasteiger charge is 2.18. The summed E-state index contributed by atoms with van der Waals surface area (Å²) in [5.74, 6) is -0.715. The van der Waals surface area contributed by atoms with Gasteiger partial charge in [-0.1, -0.05) is 18.2 Å². The van der Waals surface area contributed by atoms with Crippen LogP contribution in [0.25, 0.3) is 0 Å². The minimum Gasteiger partial charge on any atom is -0.326 e. The number of nitrogens with zero attached hydrogens (tertiary/aromatic N) is 1. The number of carbonyl (C=O) groups is 3. The largest absolute Gasteiger partial charge is 0.326 e. The number of hydrogen-bond donors (Lipinski definition) is 2. The van der Waals surface area contributed by atoms with Crippen molar-refractivity contribution in [3.8, 4) is 0 Å². The number of aryl methyl sites for hydroxylation is 1. The molecule has 136 valence electrons. The Hall–Kier alpha value is -3.15. The van der Waals surface area contributed by atoms with E-state index in [2.05, 4.69) is 10.6 Å². The van der Waals surface area contributed by atoms with Crippen molar-refractivity contribution in [2.75, 3.05) is 22.1 Å². The molecule has 0 bridgehead atoms. The Kier molecular flexibility index (Phi) is 6.11. The van der Waals surface area contributed by atoms with Crippen LogP contribution in [0.2, 0.25) is 0 Å². The number of hydrogen-bond acceptors (Lipinski definition) is 3. The van der Waals surface area contributed by atoms with E-state index in [1.54, 1.807) is 24.3 Å². The third kappa shape index (κ3) is 4.92. The Balaban J connectivity index is 2.15. The van der Waals surface area contributed by atoms with Gasteiger partial charge in [0.15, 0.2) is 0 Å². The van der Waals surface area contributed by atoms with Crippen LogP contribution in [0.15, 0.2) is 42.5 Å². The fraction of sp³-hybridized carbons (Fsp3) is 0.250. The van der Waals surface area contributed by atoms with Gasteiger partial charge in [0.25, 0.3) is 0 Å². The van der Waals surface area contributed by atoms with E-state index >= 15 is 0 Å². The van der Waals surface area contributed by atoms with Crippen LogP contribution in [-0.4, -0.2) is 24.3 Å². The molecule has 2 rings (SSSR count). The van der Waals surface area contributed by atoms with Gasteiger partial charge in [0.05, 0.1) is 0 Å². The SMILES string of the molecule is CC(=O)Nc1cccc(NC(=O)CN(C(C)=O)c2cccc(C)c2C)c1. The summed E-state index contributed by atoms with van der Waals surface area (Å²) in [6, 6.07) is 12.5. The molecular formula is C20H23N3O3. The van der Waals surface area contributed by atoms with E-state index in [0.29, 0.717) is 11.4 Å². The first-order chi connectivity index (χ1) is 12.3. The lowest BCUT2D eigenvalue weighted by atomic mass is 10.1. The third-order valence-corrected chi connectivity index (χ3v) is 4.02. The van der Waals surface area contributed by atoms with Crippen molar-refractivity contribution in [2.24, 2.45) is 0 Å². The number of carbonyl (C=O) groups excluding carboxylic acids is 3. The van der Waals surface area contributed by atoms with Gasteiger partial charge in [0, 0.05) is 30.9 Å². The number of nitrogens with one attached hydrogen (secondary N) is 2. The molecule has 0 aromatic heterocycles. The second-order valence-electron chi connectivity index (χ2n) is 6.13. The quantitative estimate of drug-likeness (QED) is 0.866. The van der Waals surface area contributed by atoms with E-state index in [0.717, 1.165) is 16.8 Å². The first-order valence-corrected chi connectivity index (χ1v) is 8.29. The minimum absolute atomic E-state index is 0.0933. The maximum Gasteiger partial charge on any atom is 0.244 e. The summed E-state index contributed by atoms with van der Waals surface area (Å²) in [6.45, 7) is 6.65. The van der Waals surface area contributed by atoms with Crippen molar-refractivity contribution in [3.05, 3.63) is 53.6 Å². The predicted octanol–water partition coefficient (Wildman–Crippen LogP) is 3.25. The summed E-state index contributed by atoms with van der Waals surface area (Å²) in [6.07, 6.45) is 0. The highest BCUT2D eigenvalue weighted by Crippen LogP contribution is 2.23. The predicted molar refractivity (Wildman–Crippen MR) is 103 cm³/mol. The molecule has 0 aliphatic heterocycles. The topological polar surface area (TPSA) is 78.5 Å². The van der Waals surface area contributed by atoms with Crippen molar-refractivity contribution >= 4 is 34.8 Å². The molecular weight excluding hydrogens is 330 g/mol. The number of benzene rings is 2. The van der Waals surface area contributed by atoms with Crippen LogP contribution in [0.5, 0.6) is 0 Å². The van der Waals surface area contributed by atoms with Gasteiger partial charge in [-0.15, -0.1) is 0 Å². The molecule has 0 saturated carbocycles. The van der Waals surface area contributed by atoms with Gasteiger partial charge in [0.2, 0.25) is 17.7 Å². The van der Waals surface area contributed by atoms with Gasteiger partial charge in [-0.3, -0.25) is 14.4 Å². The van der Waals surface area contributed by atoms with Gasteiger partial charge in [-0.2, -0.15) is 0 Å². The average molecular weight is 353 g/mol. The van der Waals surface area contributed by atoms with E-state index in [9.17, 15) is 14.4 Å². The standard InChI is InChI=1S/C20H23N3O3/c1-13-7-5-10-19(14(13)2)23(16(4)25)12-20(26)22-18-9-6-8-17(11-18)21-15(3)24/h5-11H,12H2,1-4H3,(H,21,24)(H,22,26). The summed E-state index contributed by atoms with van der Waals surface area (Å²) in [5, 5.41) is 5.42. The van der Waals surface area contributed by atoms with Crippen LogP contribution in [0.1, 0.15) is 25.0 Å². The maximum absolute atomic E-state index is 12.4. The maximum atomic E-state index is 12.4. The van der Waals surface area contributed by atoms with Crippen LogP contribution in [-0.2, 0) is 14.4 Å². The first-order valence-electron chi connectivity index (χ1n) is 8.29. The van der Waals surface area contributed by atoms with E-state index in [-0.39, 0.29) is 24.3 Å². The molecule has 0 atom stereocenters. The number of amides is 3. The molecule has 26 heavy (non-hydrogen) atoms. The van der Waals surface area contributed by atoms with E-state index < -0.39 is 0 Å². The van der Waals surface area contributed by atoms with Crippen LogP contribution < -0.4 is 15.5 Å². The Labute approximate surface area is 153 Å². The van der Waals surface area contributed by atoms with Gasteiger partial charge in [-0.05, 0) is 49.2 Å². The van der Waals surface area contributed by atoms with Gasteiger partial charge in [0.1, 0.15) is 6.54 Å². The summed E-state index contributed by atoms with van der Waals surface area (Å²) < 4.78 is 0. The van der Waals surface area contributed by atoms with Crippen LogP contribution in [0.4, 0.5) is 17.1 Å². The zero-order valence-corrected chi connectivity index (χ0v) is 15.4. The monoisotopic (exact) mass is 353 g/mol. The molecule has 0 unspecified atom stereocenters. The fourth-order valence-corrected chi connectivity index (χ4v) is 2.62. The molecule has 0 fully saturated rings. The lowest BCUT2D eigenvalue weighted by Crippen LogP contribution is -2.37. The zero-order valence-electron chi connectivity index (χ0n) is 15.4. The molecule has 2 aromatic carbocycles. The number of rotatable bonds is 5. The molecule has 0 saturated heterocycles. The second kappa shape index (κ2) is 8.29. The fourth-order valence-electron chi connectivity index (χ4n) is 2.62. The summed E-state index contributed by atoms with van der Waals surface area (Å²) in [4.78, 5) is 37.1. The lowest BCUT2D eigenvalue weighted by Gasteiger charge is -2.23. The van der Waals surface area contributed by atoms with Crippen molar-refractivity contribution in [2.45, 2.75) is 27.7 Å². The second-order valence-corrected chi connectivity index (χ2v) is 6.13. The van der Waals surface area contributed by atoms with Crippen LogP contribution >= 0.6 is 0 Å². The Morgan fingerprint density at radius 1 is 0.923 bits per heavy atom. The van der Waals surface area contributed by atoms with Gasteiger partial charge >= 0.3 is 0 Å². The Morgan fingerprint density at radius 2 is 1.54 bits per heavy atom. The summed E-state index contributed by atoms with van der Waals surface area (Å²) >= 11 is 0. The normalized spacial score (nSPS) is 10.2. The molecule has 3 amide bonds. The average Bonchev–Trinajstić information content (AvgIpc) is 2.55. The molecule has 0 spiro atoms. The first kappa shape index (κ1) is 19.2. The van der Waals surface area contributed by atoms with Gasteiger partial charge < -0.3 is 15.5 Å². The minimum atomic E-state index is -0.318. The van der Waals surface area contributed by atoms with Crippen molar-refractivity contribution in [1.29, 1.82) is 0 Å². The van der Waals surface area contributed by atoms with Crippen molar-refractivity contribution < 1.29 is 14.4 Å². The van der Waals surface area contributed by atoms with E-state index in [1.807, 2.05) is 32.0 Å². The lowest BCUT2D eigenvalue weighted by molar-refractivity contribution is -0.120. The molecule has 2 aromatic rings. The van der Waals surface area contributed by atoms with E-state index in [1.165, 1.54) is 18.7 Å². The highest BCUT2D eigenvalue weighted by atomic mass is 16.2. The van der Waals surface area contributed by atoms with Crippen LogP contribution in [0, 0.1) is 13.8 Å². The highest BCUT2D eigenvalue weighted by molar-refractivity contribution is 6.02. The smallest absolute Gasteiger partial charge is 0.244 e. The zero-order chi connectivity index (χ0) is 19.3. The van der Waals surface area contributed by atoms with E-state index in [4.69, 9.17) is 0 Å². The Bertz CT molecular complexity index is 846. The molecule has 6 heteroatoms. The molecule has 6 nitrogen and oxygen atoms in total.